The highest BCUT2D eigenvalue weighted by molar-refractivity contribution is 6.73. The van der Waals surface area contributed by atoms with Crippen molar-refractivity contribution in [3.63, 3.8) is 0 Å². The van der Waals surface area contributed by atoms with Crippen LogP contribution in [0.2, 0.25) is 18.1 Å². The first kappa shape index (κ1) is 35.7. The SMILES string of the molecule is CC[Si](CC)(CC)O[C@H]1C[C@H]2OC[C@@]2(OC(C)=O)[C@H]2[C@H](OC(=O)c3ccccc3)[C@]34OC(=O)O[C@@H]3[C@@H](O)C(C)=C([C@@H](O)C(=O)[C@]12C)C4(C)C. The summed E-state index contributed by atoms with van der Waals surface area (Å²) < 4.78 is 38.0. The van der Waals surface area contributed by atoms with E-state index in [1.54, 1.807) is 58.0 Å². The molecule has 0 amide bonds. The standard InChI is InChI=1S/C36H48O12Si/c1-9-49(10-2,11-3)48-22-17-23-35(18-43-23,46-20(5)37)27-30(44-31(41)21-15-13-12-14-16-21)36-29(45-32(42)47-36)25(38)19(4)24(33(36,6)7)26(39)28(40)34(22,27)8/h12-16,22-23,25-27,29-30,38-39H,9-11,17-18H2,1-8H3/t22-,23+,25-,26+,27-,29+,30-,34+,35-,36+/m0/s1. The second kappa shape index (κ2) is 12.0. The Hall–Kier alpha value is -3.10. The van der Waals surface area contributed by atoms with Gasteiger partial charge in [0.05, 0.1) is 29.6 Å². The Bertz CT molecular complexity index is 1560. The van der Waals surface area contributed by atoms with E-state index in [1.807, 2.05) is 0 Å². The zero-order valence-electron chi connectivity index (χ0n) is 29.4. The lowest BCUT2D eigenvalue weighted by atomic mass is 9.44. The maximum absolute atomic E-state index is 15.3. The number of carbonyl (C=O) groups is 4. The molecule has 1 aromatic carbocycles. The maximum atomic E-state index is 15.3. The van der Waals surface area contributed by atoms with E-state index >= 15 is 4.79 Å². The minimum atomic E-state index is -2.49. The third kappa shape index (κ3) is 4.75. The van der Waals surface area contributed by atoms with Gasteiger partial charge in [-0.1, -0.05) is 52.8 Å². The normalized spacial score (nSPS) is 39.2. The number of hydrogen-bond acceptors (Lipinski definition) is 12. The van der Waals surface area contributed by atoms with Gasteiger partial charge in [0.2, 0.25) is 5.60 Å². The predicted molar refractivity (Wildman–Crippen MR) is 176 cm³/mol. The molecule has 6 rings (SSSR count). The van der Waals surface area contributed by atoms with Gasteiger partial charge in [-0.05, 0) is 55.3 Å². The van der Waals surface area contributed by atoms with E-state index in [9.17, 15) is 24.6 Å². The minimum absolute atomic E-state index is 0.136. The monoisotopic (exact) mass is 700 g/mol. The molecule has 12 nitrogen and oxygen atoms in total. The van der Waals surface area contributed by atoms with Crippen molar-refractivity contribution in [2.75, 3.05) is 6.61 Å². The lowest BCUT2D eigenvalue weighted by Crippen LogP contribution is -2.83. The molecule has 4 fully saturated rings. The molecule has 13 heteroatoms. The zero-order valence-corrected chi connectivity index (χ0v) is 30.4. The topological polar surface area (TPSA) is 164 Å². The van der Waals surface area contributed by atoms with Gasteiger partial charge >= 0.3 is 18.1 Å². The van der Waals surface area contributed by atoms with Gasteiger partial charge in [-0.3, -0.25) is 9.59 Å². The van der Waals surface area contributed by atoms with Crippen LogP contribution in [0.5, 0.6) is 0 Å². The quantitative estimate of drug-likeness (QED) is 0.172. The lowest BCUT2D eigenvalue weighted by Gasteiger charge is -2.68. The van der Waals surface area contributed by atoms with E-state index in [-0.39, 0.29) is 29.7 Å². The number of esters is 2. The van der Waals surface area contributed by atoms with E-state index in [0.717, 1.165) is 18.1 Å². The molecule has 2 saturated heterocycles. The Labute approximate surface area is 287 Å². The second-order valence-electron chi connectivity index (χ2n) is 15.0. The van der Waals surface area contributed by atoms with Crippen molar-refractivity contribution in [1.29, 1.82) is 0 Å². The van der Waals surface area contributed by atoms with Gasteiger partial charge in [0.1, 0.15) is 18.3 Å². The van der Waals surface area contributed by atoms with Crippen LogP contribution in [0.25, 0.3) is 0 Å². The maximum Gasteiger partial charge on any atom is 0.509 e. The van der Waals surface area contributed by atoms with Crippen LogP contribution >= 0.6 is 0 Å². The molecule has 2 heterocycles. The number of benzene rings is 1. The average Bonchev–Trinajstić information content (AvgIpc) is 3.44. The molecular weight excluding hydrogens is 652 g/mol. The van der Waals surface area contributed by atoms with Gasteiger partial charge in [0, 0.05) is 18.8 Å². The molecule has 0 aromatic heterocycles. The predicted octanol–water partition coefficient (Wildman–Crippen LogP) is 4.26. The molecule has 0 unspecified atom stereocenters. The molecule has 5 aliphatic rings. The Morgan fingerprint density at radius 3 is 2.20 bits per heavy atom. The Morgan fingerprint density at radius 1 is 1.02 bits per heavy atom. The highest BCUT2D eigenvalue weighted by atomic mass is 28.4. The largest absolute Gasteiger partial charge is 0.509 e. The number of aliphatic hydroxyl groups is 2. The second-order valence-corrected chi connectivity index (χ2v) is 19.7. The minimum Gasteiger partial charge on any atom is -0.454 e. The fourth-order valence-corrected chi connectivity index (χ4v) is 12.8. The van der Waals surface area contributed by atoms with Gasteiger partial charge < -0.3 is 38.3 Å². The van der Waals surface area contributed by atoms with Gasteiger partial charge in [-0.25, -0.2) is 9.59 Å². The molecule has 2 saturated carbocycles. The third-order valence-corrected chi connectivity index (χ3v) is 17.4. The van der Waals surface area contributed by atoms with E-state index in [0.29, 0.717) is 0 Å². The molecular formula is C36H48O12Si. The average molecular weight is 701 g/mol. The van der Waals surface area contributed by atoms with Crippen molar-refractivity contribution < 1.29 is 57.5 Å². The Kier molecular flexibility index (Phi) is 8.75. The van der Waals surface area contributed by atoms with Crippen LogP contribution in [0, 0.1) is 16.7 Å². The molecule has 10 atom stereocenters. The first-order valence-corrected chi connectivity index (χ1v) is 19.8. The van der Waals surface area contributed by atoms with Gasteiger partial charge in [-0.2, -0.15) is 0 Å². The zero-order chi connectivity index (χ0) is 35.9. The van der Waals surface area contributed by atoms with Gasteiger partial charge in [0.25, 0.3) is 0 Å². The summed E-state index contributed by atoms with van der Waals surface area (Å²) in [6.45, 7) is 13.9. The highest BCUT2D eigenvalue weighted by Crippen LogP contribution is 2.67. The van der Waals surface area contributed by atoms with Crippen molar-refractivity contribution in [3.8, 4) is 0 Å². The van der Waals surface area contributed by atoms with Crippen molar-refractivity contribution in [2.45, 2.75) is 128 Å². The van der Waals surface area contributed by atoms with Crippen LogP contribution in [0.4, 0.5) is 4.79 Å². The van der Waals surface area contributed by atoms with Gasteiger partial charge in [0.15, 0.2) is 31.9 Å². The third-order valence-electron chi connectivity index (χ3n) is 12.7. The summed E-state index contributed by atoms with van der Waals surface area (Å²) in [6.07, 6.45) is -8.96. The van der Waals surface area contributed by atoms with Crippen LogP contribution in [0.15, 0.2) is 41.5 Å². The summed E-state index contributed by atoms with van der Waals surface area (Å²) in [6, 6.07) is 10.5. The summed E-state index contributed by atoms with van der Waals surface area (Å²) in [5.41, 5.74) is -6.20. The molecule has 0 radical (unpaired) electrons. The van der Waals surface area contributed by atoms with Gasteiger partial charge in [-0.15, -0.1) is 0 Å². The number of fused-ring (bicyclic) bond motifs is 4. The van der Waals surface area contributed by atoms with Crippen LogP contribution < -0.4 is 0 Å². The fraction of sp³-hybridized carbons (Fsp3) is 0.667. The van der Waals surface area contributed by atoms with Crippen LogP contribution in [0.1, 0.15) is 72.2 Å². The summed E-state index contributed by atoms with van der Waals surface area (Å²) in [7, 11) is -2.49. The Balaban J connectivity index is 1.71. The molecule has 268 valence electrons. The molecule has 49 heavy (non-hydrogen) atoms. The summed E-state index contributed by atoms with van der Waals surface area (Å²) >= 11 is 0. The van der Waals surface area contributed by atoms with Crippen molar-refractivity contribution in [2.24, 2.45) is 16.7 Å². The first-order chi connectivity index (χ1) is 23.0. The number of ketones is 1. The number of ether oxygens (including phenoxy) is 5. The smallest absolute Gasteiger partial charge is 0.454 e. The molecule has 2 bridgehead atoms. The number of aliphatic hydroxyl groups excluding tert-OH is 2. The summed E-state index contributed by atoms with van der Waals surface area (Å²) in [5.74, 6) is -3.39. The fourth-order valence-electron chi connectivity index (χ4n) is 9.85. The van der Waals surface area contributed by atoms with E-state index in [4.69, 9.17) is 28.1 Å². The van der Waals surface area contributed by atoms with E-state index < -0.39 is 96.8 Å². The first-order valence-electron chi connectivity index (χ1n) is 17.3. The number of hydrogen-bond donors (Lipinski definition) is 2. The molecule has 2 N–H and O–H groups in total. The van der Waals surface area contributed by atoms with Crippen LogP contribution in [-0.4, -0.2) is 96.8 Å². The highest BCUT2D eigenvalue weighted by Gasteiger charge is 2.82. The van der Waals surface area contributed by atoms with Crippen molar-refractivity contribution in [3.05, 3.63) is 47.0 Å². The van der Waals surface area contributed by atoms with E-state index in [2.05, 4.69) is 20.8 Å². The lowest BCUT2D eigenvalue weighted by molar-refractivity contribution is -0.344. The molecule has 1 aromatic rings. The number of Topliss-reactive ketones (excluding diaryl/α,β-unsaturated/α-hetero) is 1. The van der Waals surface area contributed by atoms with Crippen molar-refractivity contribution in [1.82, 2.24) is 0 Å². The summed E-state index contributed by atoms with van der Waals surface area (Å²) in [4.78, 5) is 55.9. The summed E-state index contributed by atoms with van der Waals surface area (Å²) in [5, 5.41) is 24.1. The van der Waals surface area contributed by atoms with Crippen LogP contribution in [0.3, 0.4) is 0 Å². The van der Waals surface area contributed by atoms with Crippen molar-refractivity contribution >= 4 is 32.2 Å². The number of rotatable bonds is 8. The molecule has 1 spiro atoms. The van der Waals surface area contributed by atoms with Crippen LogP contribution in [-0.2, 0) is 37.7 Å². The molecule has 2 aliphatic heterocycles. The Morgan fingerprint density at radius 2 is 1.65 bits per heavy atom. The van der Waals surface area contributed by atoms with E-state index in [1.165, 1.54) is 6.92 Å². The number of carbonyl (C=O) groups excluding carboxylic acids is 4. The molecule has 3 aliphatic carbocycles.